The van der Waals surface area contributed by atoms with Gasteiger partial charge in [0.1, 0.15) is 5.82 Å². The van der Waals surface area contributed by atoms with Gasteiger partial charge in [-0.1, -0.05) is 27.2 Å². The standard InChI is InChI=1S/C19H33N5O3/c1-4-6-10-23(15(25)13-22-11-7-14(3)8-12-22)16-17(20)24(9-5-2)19(27)21-18(16)26/h14H,4-13,20H2,1-3H3,(H,21,26,27). The van der Waals surface area contributed by atoms with E-state index >= 15 is 0 Å². The van der Waals surface area contributed by atoms with Crippen LogP contribution in [0.1, 0.15) is 52.9 Å². The van der Waals surface area contributed by atoms with Gasteiger partial charge >= 0.3 is 5.69 Å². The van der Waals surface area contributed by atoms with E-state index < -0.39 is 11.2 Å². The molecule has 1 aromatic heterocycles. The summed E-state index contributed by atoms with van der Waals surface area (Å²) in [5.74, 6) is 0.614. The maximum Gasteiger partial charge on any atom is 0.330 e. The Bertz CT molecular complexity index is 747. The summed E-state index contributed by atoms with van der Waals surface area (Å²) in [6, 6.07) is 0. The smallest absolute Gasteiger partial charge is 0.330 e. The second-order valence-corrected chi connectivity index (χ2v) is 7.50. The summed E-state index contributed by atoms with van der Waals surface area (Å²) in [5.41, 5.74) is 5.14. The molecule has 1 aliphatic rings. The van der Waals surface area contributed by atoms with Crippen LogP contribution in [-0.4, -0.2) is 46.5 Å². The van der Waals surface area contributed by atoms with Gasteiger partial charge in [0.15, 0.2) is 5.69 Å². The minimum absolute atomic E-state index is 0.0716. The molecule has 1 aromatic rings. The molecular formula is C19H33N5O3. The Hall–Kier alpha value is -2.09. The molecule has 1 saturated heterocycles. The molecule has 0 spiro atoms. The van der Waals surface area contributed by atoms with Crippen LogP contribution in [0.5, 0.6) is 0 Å². The van der Waals surface area contributed by atoms with Crippen molar-refractivity contribution in [3.8, 4) is 0 Å². The minimum atomic E-state index is -0.596. The van der Waals surface area contributed by atoms with Gasteiger partial charge in [0.25, 0.3) is 5.56 Å². The van der Waals surface area contributed by atoms with E-state index in [1.807, 2.05) is 13.8 Å². The van der Waals surface area contributed by atoms with Gasteiger partial charge in [-0.15, -0.1) is 0 Å². The number of nitrogen functional groups attached to an aromatic ring is 1. The molecule has 0 atom stereocenters. The molecule has 0 unspecified atom stereocenters. The fraction of sp³-hybridized carbons (Fsp3) is 0.737. The Morgan fingerprint density at radius 3 is 2.48 bits per heavy atom. The summed E-state index contributed by atoms with van der Waals surface area (Å²) in [5, 5.41) is 0. The van der Waals surface area contributed by atoms with Crippen LogP contribution >= 0.6 is 0 Å². The number of carbonyl (C=O) groups is 1. The zero-order chi connectivity index (χ0) is 20.0. The monoisotopic (exact) mass is 379 g/mol. The highest BCUT2D eigenvalue weighted by Gasteiger charge is 2.26. The predicted octanol–water partition coefficient (Wildman–Crippen LogP) is 1.39. The van der Waals surface area contributed by atoms with Crippen LogP contribution in [-0.2, 0) is 11.3 Å². The zero-order valence-electron chi connectivity index (χ0n) is 16.8. The second-order valence-electron chi connectivity index (χ2n) is 7.50. The van der Waals surface area contributed by atoms with Crippen molar-refractivity contribution in [1.82, 2.24) is 14.5 Å². The average molecular weight is 380 g/mol. The zero-order valence-corrected chi connectivity index (χ0v) is 16.8. The van der Waals surface area contributed by atoms with Crippen LogP contribution in [0, 0.1) is 5.92 Å². The summed E-state index contributed by atoms with van der Waals surface area (Å²) >= 11 is 0. The number of hydrogen-bond donors (Lipinski definition) is 2. The topological polar surface area (TPSA) is 104 Å². The summed E-state index contributed by atoms with van der Waals surface area (Å²) in [4.78, 5) is 43.5. The molecule has 152 valence electrons. The third-order valence-corrected chi connectivity index (χ3v) is 5.20. The van der Waals surface area contributed by atoms with E-state index in [1.54, 1.807) is 0 Å². The maximum atomic E-state index is 13.0. The van der Waals surface area contributed by atoms with Crippen LogP contribution in [0.3, 0.4) is 0 Å². The van der Waals surface area contributed by atoms with Crippen LogP contribution in [0.25, 0.3) is 0 Å². The lowest BCUT2D eigenvalue weighted by Crippen LogP contribution is -2.47. The van der Waals surface area contributed by atoms with E-state index in [2.05, 4.69) is 16.8 Å². The highest BCUT2D eigenvalue weighted by Crippen LogP contribution is 2.20. The number of rotatable bonds is 8. The van der Waals surface area contributed by atoms with E-state index in [0.29, 0.717) is 25.4 Å². The number of anilines is 2. The van der Waals surface area contributed by atoms with Crippen molar-refractivity contribution in [1.29, 1.82) is 0 Å². The summed E-state index contributed by atoms with van der Waals surface area (Å²) < 4.78 is 1.34. The number of hydrogen-bond acceptors (Lipinski definition) is 5. The van der Waals surface area contributed by atoms with Crippen molar-refractivity contribution in [3.63, 3.8) is 0 Å². The van der Waals surface area contributed by atoms with Crippen LogP contribution in [0.2, 0.25) is 0 Å². The van der Waals surface area contributed by atoms with E-state index in [9.17, 15) is 14.4 Å². The third-order valence-electron chi connectivity index (χ3n) is 5.20. The number of nitrogens with two attached hydrogens (primary N) is 1. The molecule has 1 fully saturated rings. The summed E-state index contributed by atoms with van der Waals surface area (Å²) in [6.45, 7) is 9.03. The molecular weight excluding hydrogens is 346 g/mol. The molecule has 1 aliphatic heterocycles. The Kier molecular flexibility index (Phi) is 7.65. The SMILES string of the molecule is CCCCN(C(=O)CN1CCC(C)CC1)c1c(N)n(CCC)c(=O)[nH]c1=O. The van der Waals surface area contributed by atoms with E-state index in [4.69, 9.17) is 5.73 Å². The molecule has 0 aromatic carbocycles. The largest absolute Gasteiger partial charge is 0.383 e. The van der Waals surface area contributed by atoms with Gasteiger partial charge < -0.3 is 10.6 Å². The van der Waals surface area contributed by atoms with Crippen molar-refractivity contribution in [3.05, 3.63) is 20.8 Å². The number of H-pyrrole nitrogens is 1. The van der Waals surface area contributed by atoms with Gasteiger partial charge in [-0.25, -0.2) is 4.79 Å². The van der Waals surface area contributed by atoms with Crippen LogP contribution in [0.4, 0.5) is 11.5 Å². The number of carbonyl (C=O) groups excluding carboxylic acids is 1. The Labute approximate surface area is 160 Å². The quantitative estimate of drug-likeness (QED) is 0.710. The fourth-order valence-electron chi connectivity index (χ4n) is 3.46. The van der Waals surface area contributed by atoms with Gasteiger partial charge in [0.05, 0.1) is 6.54 Å². The first kappa shape index (κ1) is 21.2. The number of amides is 1. The van der Waals surface area contributed by atoms with Crippen molar-refractivity contribution in [2.24, 2.45) is 5.92 Å². The predicted molar refractivity (Wildman–Crippen MR) is 108 cm³/mol. The third kappa shape index (κ3) is 5.22. The lowest BCUT2D eigenvalue weighted by molar-refractivity contribution is -0.120. The Morgan fingerprint density at radius 1 is 1.22 bits per heavy atom. The minimum Gasteiger partial charge on any atom is -0.383 e. The van der Waals surface area contributed by atoms with Crippen LogP contribution < -0.4 is 21.9 Å². The van der Waals surface area contributed by atoms with Gasteiger partial charge in [0, 0.05) is 13.1 Å². The summed E-state index contributed by atoms with van der Waals surface area (Å²) in [7, 11) is 0. The van der Waals surface area contributed by atoms with E-state index in [-0.39, 0.29) is 24.0 Å². The van der Waals surface area contributed by atoms with Gasteiger partial charge in [0.2, 0.25) is 5.91 Å². The molecule has 1 amide bonds. The van der Waals surface area contributed by atoms with E-state index in [1.165, 1.54) is 9.47 Å². The number of likely N-dealkylation sites (tertiary alicyclic amines) is 1. The van der Waals surface area contributed by atoms with Crippen molar-refractivity contribution in [2.45, 2.75) is 59.4 Å². The molecule has 3 N–H and O–H groups in total. The molecule has 2 rings (SSSR count). The first-order valence-electron chi connectivity index (χ1n) is 10.0. The first-order chi connectivity index (χ1) is 12.9. The molecule has 27 heavy (non-hydrogen) atoms. The highest BCUT2D eigenvalue weighted by atomic mass is 16.2. The second kappa shape index (κ2) is 9.73. The molecule has 0 radical (unpaired) electrons. The first-order valence-corrected chi connectivity index (χ1v) is 10.0. The average Bonchev–Trinajstić information content (AvgIpc) is 2.63. The fourth-order valence-corrected chi connectivity index (χ4v) is 3.46. The Balaban J connectivity index is 2.32. The van der Waals surface area contributed by atoms with Crippen molar-refractivity contribution in [2.75, 3.05) is 36.8 Å². The Morgan fingerprint density at radius 2 is 1.89 bits per heavy atom. The molecule has 0 aliphatic carbocycles. The maximum absolute atomic E-state index is 13.0. The number of aromatic amines is 1. The van der Waals surface area contributed by atoms with Crippen molar-refractivity contribution >= 4 is 17.4 Å². The lowest BCUT2D eigenvalue weighted by Gasteiger charge is -2.32. The number of aromatic nitrogens is 2. The molecule has 8 nitrogen and oxygen atoms in total. The molecule has 0 saturated carbocycles. The number of nitrogens with zero attached hydrogens (tertiary/aromatic N) is 3. The van der Waals surface area contributed by atoms with Crippen molar-refractivity contribution < 1.29 is 4.79 Å². The van der Waals surface area contributed by atoms with Gasteiger partial charge in [-0.05, 0) is 44.7 Å². The molecule has 0 bridgehead atoms. The van der Waals surface area contributed by atoms with E-state index in [0.717, 1.165) is 38.8 Å². The van der Waals surface area contributed by atoms with Gasteiger partial charge in [-0.3, -0.25) is 24.0 Å². The molecule has 8 heteroatoms. The summed E-state index contributed by atoms with van der Waals surface area (Å²) in [6.07, 6.45) is 4.50. The normalized spacial score (nSPS) is 15.8. The number of piperidine rings is 1. The van der Waals surface area contributed by atoms with Gasteiger partial charge in [-0.2, -0.15) is 0 Å². The number of unbranched alkanes of at least 4 members (excludes halogenated alkanes) is 1. The highest BCUT2D eigenvalue weighted by molar-refractivity contribution is 5.96. The molecule has 2 heterocycles. The van der Waals surface area contributed by atoms with Crippen LogP contribution in [0.15, 0.2) is 9.59 Å². The number of nitrogens with one attached hydrogen (secondary N) is 1. The lowest BCUT2D eigenvalue weighted by atomic mass is 9.99.